The minimum atomic E-state index is -1.24. The molecule has 1 atom stereocenters. The third-order valence-corrected chi connectivity index (χ3v) is 2.32. The van der Waals surface area contributed by atoms with Crippen LogP contribution in [0.1, 0.15) is 16.8 Å². The molecule has 96 valence electrons. The number of carboxylic acid groups (broad SMARTS) is 2. The van der Waals surface area contributed by atoms with Crippen molar-refractivity contribution in [3.63, 3.8) is 0 Å². The van der Waals surface area contributed by atoms with Crippen molar-refractivity contribution in [2.75, 3.05) is 6.54 Å². The Morgan fingerprint density at radius 3 is 2.22 bits per heavy atom. The van der Waals surface area contributed by atoms with Crippen LogP contribution in [0.4, 0.5) is 0 Å². The first-order chi connectivity index (χ1) is 8.50. The molecule has 0 bridgehead atoms. The van der Waals surface area contributed by atoms with E-state index in [1.807, 2.05) is 0 Å². The smallest absolute Gasteiger partial charge is 0.308 e. The molecule has 1 aromatic carbocycles. The Labute approximate surface area is 103 Å². The summed E-state index contributed by atoms with van der Waals surface area (Å²) in [6.45, 7) is -0.213. The van der Waals surface area contributed by atoms with E-state index >= 15 is 0 Å². The molecule has 0 saturated heterocycles. The lowest BCUT2D eigenvalue weighted by Gasteiger charge is -2.11. The van der Waals surface area contributed by atoms with E-state index in [0.29, 0.717) is 5.56 Å². The highest BCUT2D eigenvalue weighted by molar-refractivity contribution is 5.94. The van der Waals surface area contributed by atoms with Crippen LogP contribution in [0.15, 0.2) is 30.3 Å². The number of hydrogen-bond acceptors (Lipinski definition) is 3. The summed E-state index contributed by atoms with van der Waals surface area (Å²) >= 11 is 0. The van der Waals surface area contributed by atoms with Crippen LogP contribution in [0.2, 0.25) is 0 Å². The zero-order valence-corrected chi connectivity index (χ0v) is 9.50. The summed E-state index contributed by atoms with van der Waals surface area (Å²) in [5.41, 5.74) is 0.400. The third kappa shape index (κ3) is 4.25. The number of nitrogens with one attached hydrogen (secondary N) is 1. The molecule has 1 rings (SSSR count). The Morgan fingerprint density at radius 2 is 1.72 bits per heavy atom. The Hall–Kier alpha value is -2.37. The minimum Gasteiger partial charge on any atom is -0.481 e. The Bertz CT molecular complexity index is 443. The fourth-order valence-electron chi connectivity index (χ4n) is 1.37. The second-order valence-electron chi connectivity index (χ2n) is 3.71. The van der Waals surface area contributed by atoms with Crippen molar-refractivity contribution in [2.24, 2.45) is 5.92 Å². The van der Waals surface area contributed by atoms with E-state index in [1.165, 1.54) is 0 Å². The molecule has 18 heavy (non-hydrogen) atoms. The Morgan fingerprint density at radius 1 is 1.11 bits per heavy atom. The van der Waals surface area contributed by atoms with Gasteiger partial charge in [-0.25, -0.2) is 0 Å². The first kappa shape index (κ1) is 13.7. The van der Waals surface area contributed by atoms with Gasteiger partial charge in [0.25, 0.3) is 5.91 Å². The predicted octanol–water partition coefficient (Wildman–Crippen LogP) is 0.592. The maximum Gasteiger partial charge on any atom is 0.308 e. The molecule has 0 radical (unpaired) electrons. The van der Waals surface area contributed by atoms with Crippen LogP contribution in [-0.4, -0.2) is 34.6 Å². The quantitative estimate of drug-likeness (QED) is 0.686. The molecule has 0 aliphatic heterocycles. The molecular weight excluding hydrogens is 238 g/mol. The van der Waals surface area contributed by atoms with Crippen LogP contribution in [0, 0.1) is 5.92 Å². The number of carboxylic acids is 2. The molecular formula is C12H13NO5. The molecule has 1 aromatic rings. The lowest BCUT2D eigenvalue weighted by molar-refractivity contribution is -0.148. The molecule has 0 aliphatic carbocycles. The largest absolute Gasteiger partial charge is 0.481 e. The fraction of sp³-hybridized carbons (Fsp3) is 0.250. The summed E-state index contributed by atoms with van der Waals surface area (Å²) in [6.07, 6.45) is -0.523. The SMILES string of the molecule is O=C(O)CC(CNC(=O)c1ccccc1)C(=O)O. The summed E-state index contributed by atoms with van der Waals surface area (Å²) in [5, 5.41) is 19.7. The lowest BCUT2D eigenvalue weighted by Crippen LogP contribution is -2.34. The van der Waals surface area contributed by atoms with Crippen molar-refractivity contribution < 1.29 is 24.6 Å². The Kier molecular flexibility index (Phi) is 4.86. The van der Waals surface area contributed by atoms with Gasteiger partial charge >= 0.3 is 11.9 Å². The van der Waals surface area contributed by atoms with E-state index in [2.05, 4.69) is 5.32 Å². The number of amides is 1. The van der Waals surface area contributed by atoms with Gasteiger partial charge in [-0.2, -0.15) is 0 Å². The van der Waals surface area contributed by atoms with Crippen LogP contribution in [0.25, 0.3) is 0 Å². The van der Waals surface area contributed by atoms with E-state index < -0.39 is 30.2 Å². The van der Waals surface area contributed by atoms with Crippen molar-refractivity contribution in [2.45, 2.75) is 6.42 Å². The average Bonchev–Trinajstić information content (AvgIpc) is 2.34. The monoisotopic (exact) mass is 251 g/mol. The maximum atomic E-state index is 11.6. The second-order valence-corrected chi connectivity index (χ2v) is 3.71. The molecule has 0 heterocycles. The number of carbonyl (C=O) groups excluding carboxylic acids is 1. The summed E-state index contributed by atoms with van der Waals surface area (Å²) < 4.78 is 0. The summed E-state index contributed by atoms with van der Waals surface area (Å²) in [4.78, 5) is 32.8. The fourth-order valence-corrected chi connectivity index (χ4v) is 1.37. The molecule has 1 amide bonds. The van der Waals surface area contributed by atoms with Crippen molar-refractivity contribution >= 4 is 17.8 Å². The maximum absolute atomic E-state index is 11.6. The van der Waals surface area contributed by atoms with E-state index in [1.54, 1.807) is 30.3 Å². The molecule has 0 saturated carbocycles. The van der Waals surface area contributed by atoms with Gasteiger partial charge in [-0.1, -0.05) is 18.2 Å². The van der Waals surface area contributed by atoms with Crippen LogP contribution in [-0.2, 0) is 9.59 Å². The molecule has 0 spiro atoms. The number of benzene rings is 1. The molecule has 6 nitrogen and oxygen atoms in total. The first-order valence-electron chi connectivity index (χ1n) is 5.28. The predicted molar refractivity (Wildman–Crippen MR) is 62.2 cm³/mol. The summed E-state index contributed by atoms with van der Waals surface area (Å²) in [5.74, 6) is -4.01. The van der Waals surface area contributed by atoms with Crippen molar-refractivity contribution in [1.29, 1.82) is 0 Å². The minimum absolute atomic E-state index is 0.213. The van der Waals surface area contributed by atoms with Crippen LogP contribution in [0.5, 0.6) is 0 Å². The standard InChI is InChI=1S/C12H13NO5/c14-10(15)6-9(12(17)18)7-13-11(16)8-4-2-1-3-5-8/h1-5,9H,6-7H2,(H,13,16)(H,14,15)(H,17,18). The first-order valence-corrected chi connectivity index (χ1v) is 5.28. The van der Waals surface area contributed by atoms with Gasteiger partial charge in [-0.3, -0.25) is 14.4 Å². The Balaban J connectivity index is 2.55. The summed E-state index contributed by atoms with van der Waals surface area (Å²) in [6, 6.07) is 8.29. The topological polar surface area (TPSA) is 104 Å². The molecule has 0 aromatic heterocycles. The van der Waals surface area contributed by atoms with Gasteiger partial charge in [0.1, 0.15) is 0 Å². The number of carbonyl (C=O) groups is 3. The average molecular weight is 251 g/mol. The molecule has 6 heteroatoms. The van der Waals surface area contributed by atoms with Crippen molar-refractivity contribution in [1.82, 2.24) is 5.32 Å². The zero-order valence-electron chi connectivity index (χ0n) is 9.50. The number of aliphatic carboxylic acids is 2. The number of rotatable bonds is 6. The van der Waals surface area contributed by atoms with Gasteiger partial charge in [0.05, 0.1) is 12.3 Å². The van der Waals surface area contributed by atoms with E-state index in [0.717, 1.165) is 0 Å². The zero-order chi connectivity index (χ0) is 13.5. The van der Waals surface area contributed by atoms with Crippen LogP contribution in [0.3, 0.4) is 0 Å². The summed E-state index contributed by atoms with van der Waals surface area (Å²) in [7, 11) is 0. The van der Waals surface area contributed by atoms with Gasteiger partial charge in [0.15, 0.2) is 0 Å². The second kappa shape index (κ2) is 6.39. The third-order valence-electron chi connectivity index (χ3n) is 2.32. The van der Waals surface area contributed by atoms with Crippen molar-refractivity contribution in [3.8, 4) is 0 Å². The van der Waals surface area contributed by atoms with Crippen molar-refractivity contribution in [3.05, 3.63) is 35.9 Å². The molecule has 0 fully saturated rings. The van der Waals surface area contributed by atoms with Gasteiger partial charge in [-0.05, 0) is 12.1 Å². The van der Waals surface area contributed by atoms with Gasteiger partial charge in [-0.15, -0.1) is 0 Å². The van der Waals surface area contributed by atoms with Crippen LogP contribution < -0.4 is 5.32 Å². The highest BCUT2D eigenvalue weighted by Crippen LogP contribution is 2.03. The number of hydrogen-bond donors (Lipinski definition) is 3. The van der Waals surface area contributed by atoms with Gasteiger partial charge in [0, 0.05) is 12.1 Å². The van der Waals surface area contributed by atoms with Crippen LogP contribution >= 0.6 is 0 Å². The lowest BCUT2D eigenvalue weighted by atomic mass is 10.1. The van der Waals surface area contributed by atoms with Gasteiger partial charge < -0.3 is 15.5 Å². The molecule has 3 N–H and O–H groups in total. The van der Waals surface area contributed by atoms with Gasteiger partial charge in [0.2, 0.25) is 0 Å². The molecule has 0 aliphatic rings. The van der Waals surface area contributed by atoms with E-state index in [4.69, 9.17) is 10.2 Å². The van der Waals surface area contributed by atoms with E-state index in [9.17, 15) is 14.4 Å². The normalized spacial score (nSPS) is 11.6. The van der Waals surface area contributed by atoms with E-state index in [-0.39, 0.29) is 6.54 Å². The highest BCUT2D eigenvalue weighted by Gasteiger charge is 2.21. The molecule has 1 unspecified atom stereocenters. The highest BCUT2D eigenvalue weighted by atomic mass is 16.4.